The first-order valence-corrected chi connectivity index (χ1v) is 10.8. The van der Waals surface area contributed by atoms with E-state index in [1.54, 1.807) is 18.2 Å². The van der Waals surface area contributed by atoms with Crippen molar-refractivity contribution in [1.82, 2.24) is 9.88 Å². The first-order valence-electron chi connectivity index (χ1n) is 10.0. The van der Waals surface area contributed by atoms with Gasteiger partial charge in [-0.3, -0.25) is 9.36 Å². The Morgan fingerprint density at radius 1 is 1.12 bits per heavy atom. The number of nitrogens with one attached hydrogen (secondary N) is 1. The molecule has 1 aromatic heterocycles. The Bertz CT molecular complexity index is 1200. The smallest absolute Gasteiger partial charge is 0.255 e. The summed E-state index contributed by atoms with van der Waals surface area (Å²) in [7, 11) is 0. The Hall–Kier alpha value is -2.74. The predicted molar refractivity (Wildman–Crippen MR) is 121 cm³/mol. The number of hydrogen-bond donors (Lipinski definition) is 1. The van der Waals surface area contributed by atoms with Crippen LogP contribution in [-0.2, 0) is 4.84 Å². The van der Waals surface area contributed by atoms with Gasteiger partial charge in [0.15, 0.2) is 0 Å². The molecule has 0 spiro atoms. The molecule has 1 saturated heterocycles. The van der Waals surface area contributed by atoms with Crippen LogP contribution >= 0.6 is 23.2 Å². The van der Waals surface area contributed by atoms with Crippen molar-refractivity contribution in [3.05, 3.63) is 97.9 Å². The highest BCUT2D eigenvalue weighted by atomic mass is 35.5. The Kier molecular flexibility index (Phi) is 6.89. The maximum atomic E-state index is 14.7. The third-order valence-electron chi connectivity index (χ3n) is 5.09. The van der Waals surface area contributed by atoms with Crippen LogP contribution in [-0.4, -0.2) is 29.5 Å². The van der Waals surface area contributed by atoms with Crippen LogP contribution in [0.15, 0.2) is 64.7 Å². The number of rotatable bonds is 5. The first-order chi connectivity index (χ1) is 15.4. The van der Waals surface area contributed by atoms with Crippen LogP contribution in [0.4, 0.5) is 8.78 Å². The van der Waals surface area contributed by atoms with Crippen molar-refractivity contribution >= 4 is 28.9 Å². The monoisotopic (exact) mass is 477 g/mol. The molecule has 0 bridgehead atoms. The average Bonchev–Trinajstić information content (AvgIpc) is 2.77. The fourth-order valence-electron chi connectivity index (χ4n) is 3.50. The molecule has 5 nitrogen and oxygen atoms in total. The van der Waals surface area contributed by atoms with E-state index in [1.807, 2.05) is 0 Å². The second kappa shape index (κ2) is 9.81. The molecule has 166 valence electrons. The van der Waals surface area contributed by atoms with Crippen LogP contribution in [0.5, 0.6) is 0 Å². The Balaban J connectivity index is 1.83. The standard InChI is InChI=1S/C23H19Cl2F2N3O2/c24-18-4-1-5-19(25)23(18)30-13-14(6-9-21(30)31)22(17-8-7-15(26)11-20(17)27)29-32-16-3-2-10-28-12-16/h1,4-9,11,13,16,28H,2-3,10,12H2/t16-/m0/s1. The Labute approximate surface area is 193 Å². The van der Waals surface area contributed by atoms with Crippen LogP contribution < -0.4 is 10.9 Å². The van der Waals surface area contributed by atoms with E-state index in [0.29, 0.717) is 17.8 Å². The Morgan fingerprint density at radius 2 is 1.91 bits per heavy atom. The van der Waals surface area contributed by atoms with Crippen LogP contribution in [0.25, 0.3) is 5.69 Å². The van der Waals surface area contributed by atoms with Crippen molar-refractivity contribution in [1.29, 1.82) is 0 Å². The van der Waals surface area contributed by atoms with Gasteiger partial charge < -0.3 is 10.2 Å². The normalized spacial score (nSPS) is 16.8. The SMILES string of the molecule is O=c1ccc(C(=NO[C@H]2CCCNC2)c2ccc(F)cc2F)cn1-c1c(Cl)cccc1Cl. The minimum absolute atomic E-state index is 0.0330. The highest BCUT2D eigenvalue weighted by Crippen LogP contribution is 2.28. The van der Waals surface area contributed by atoms with E-state index >= 15 is 0 Å². The highest BCUT2D eigenvalue weighted by molar-refractivity contribution is 6.37. The van der Waals surface area contributed by atoms with Gasteiger partial charge in [-0.25, -0.2) is 8.78 Å². The predicted octanol–water partition coefficient (Wildman–Crippen LogP) is 4.94. The van der Waals surface area contributed by atoms with Crippen molar-refractivity contribution in [2.75, 3.05) is 13.1 Å². The summed E-state index contributed by atoms with van der Waals surface area (Å²) in [6.07, 6.45) is 2.99. The molecule has 1 N–H and O–H groups in total. The minimum Gasteiger partial charge on any atom is -0.391 e. The van der Waals surface area contributed by atoms with Crippen molar-refractivity contribution < 1.29 is 13.6 Å². The molecule has 4 rings (SSSR count). The zero-order valence-corrected chi connectivity index (χ0v) is 18.3. The van der Waals surface area contributed by atoms with Gasteiger partial charge in [-0.05, 0) is 49.7 Å². The number of halogens is 4. The molecule has 0 saturated carbocycles. The molecule has 9 heteroatoms. The quantitative estimate of drug-likeness (QED) is 0.418. The van der Waals surface area contributed by atoms with E-state index < -0.39 is 11.6 Å². The maximum absolute atomic E-state index is 14.7. The van der Waals surface area contributed by atoms with Crippen LogP contribution in [0.3, 0.4) is 0 Å². The Morgan fingerprint density at radius 3 is 2.59 bits per heavy atom. The molecular formula is C23H19Cl2F2N3O2. The molecule has 1 fully saturated rings. The minimum atomic E-state index is -0.803. The summed E-state index contributed by atoms with van der Waals surface area (Å²) >= 11 is 12.6. The lowest BCUT2D eigenvalue weighted by molar-refractivity contribution is 0.0421. The summed E-state index contributed by atoms with van der Waals surface area (Å²) in [5.74, 6) is -1.52. The van der Waals surface area contributed by atoms with E-state index in [9.17, 15) is 13.6 Å². The van der Waals surface area contributed by atoms with Crippen molar-refractivity contribution in [3.8, 4) is 5.69 Å². The van der Waals surface area contributed by atoms with Crippen LogP contribution in [0.1, 0.15) is 24.0 Å². The summed E-state index contributed by atoms with van der Waals surface area (Å²) in [5.41, 5.74) is 0.421. The second-order valence-corrected chi connectivity index (χ2v) is 8.15. The molecule has 32 heavy (non-hydrogen) atoms. The van der Waals surface area contributed by atoms with Gasteiger partial charge in [-0.1, -0.05) is 34.4 Å². The lowest BCUT2D eigenvalue weighted by Gasteiger charge is -2.21. The third-order valence-corrected chi connectivity index (χ3v) is 5.70. The number of para-hydroxylation sites is 1. The molecule has 2 heterocycles. The van der Waals surface area contributed by atoms with Gasteiger partial charge in [0.25, 0.3) is 5.56 Å². The van der Waals surface area contributed by atoms with E-state index in [4.69, 9.17) is 28.0 Å². The summed E-state index contributed by atoms with van der Waals surface area (Å²) in [5, 5.41) is 7.98. The van der Waals surface area contributed by atoms with Crippen molar-refractivity contribution in [2.24, 2.45) is 5.16 Å². The average molecular weight is 478 g/mol. The lowest BCUT2D eigenvalue weighted by Crippen LogP contribution is -2.34. The topological polar surface area (TPSA) is 55.6 Å². The third kappa shape index (κ3) is 4.85. The van der Waals surface area contributed by atoms with Gasteiger partial charge >= 0.3 is 0 Å². The summed E-state index contributed by atoms with van der Waals surface area (Å²) < 4.78 is 29.5. The number of aromatic nitrogens is 1. The molecule has 2 aromatic carbocycles. The molecule has 0 radical (unpaired) electrons. The first kappa shape index (κ1) is 22.5. The number of pyridine rings is 1. The zero-order valence-electron chi connectivity index (χ0n) is 16.8. The fraction of sp³-hybridized carbons (Fsp3) is 0.217. The lowest BCUT2D eigenvalue weighted by atomic mass is 10.0. The van der Waals surface area contributed by atoms with Gasteiger partial charge in [0, 0.05) is 36.0 Å². The van der Waals surface area contributed by atoms with E-state index in [0.717, 1.165) is 31.5 Å². The molecule has 1 aliphatic rings. The van der Waals surface area contributed by atoms with Gasteiger partial charge in [0.05, 0.1) is 15.7 Å². The molecule has 0 amide bonds. The molecule has 1 atom stereocenters. The summed E-state index contributed by atoms with van der Waals surface area (Å²) in [4.78, 5) is 18.3. The molecular weight excluding hydrogens is 459 g/mol. The number of oxime groups is 1. The number of hydrogen-bond acceptors (Lipinski definition) is 4. The van der Waals surface area contributed by atoms with Gasteiger partial charge in [0.2, 0.25) is 0 Å². The number of nitrogens with zero attached hydrogens (tertiary/aromatic N) is 2. The van der Waals surface area contributed by atoms with E-state index in [2.05, 4.69) is 10.5 Å². The van der Waals surface area contributed by atoms with Crippen molar-refractivity contribution in [3.63, 3.8) is 0 Å². The van der Waals surface area contributed by atoms with E-state index in [1.165, 1.54) is 29.0 Å². The van der Waals surface area contributed by atoms with Gasteiger partial charge in [0.1, 0.15) is 23.5 Å². The number of piperidine rings is 1. The van der Waals surface area contributed by atoms with Crippen LogP contribution in [0, 0.1) is 11.6 Å². The van der Waals surface area contributed by atoms with Crippen LogP contribution in [0.2, 0.25) is 10.0 Å². The number of benzene rings is 2. The molecule has 3 aromatic rings. The van der Waals surface area contributed by atoms with Gasteiger partial charge in [-0.2, -0.15) is 0 Å². The summed E-state index contributed by atoms with van der Waals surface area (Å²) in [6.45, 7) is 1.50. The second-order valence-electron chi connectivity index (χ2n) is 7.33. The van der Waals surface area contributed by atoms with Crippen molar-refractivity contribution in [2.45, 2.75) is 18.9 Å². The molecule has 1 aliphatic heterocycles. The molecule has 0 aliphatic carbocycles. The van der Waals surface area contributed by atoms with E-state index in [-0.39, 0.29) is 33.0 Å². The van der Waals surface area contributed by atoms with Gasteiger partial charge in [-0.15, -0.1) is 0 Å². The largest absolute Gasteiger partial charge is 0.391 e. The maximum Gasteiger partial charge on any atom is 0.255 e. The highest BCUT2D eigenvalue weighted by Gasteiger charge is 2.19. The zero-order chi connectivity index (χ0) is 22.7. The fourth-order valence-corrected chi connectivity index (χ4v) is 4.08. The molecule has 0 unspecified atom stereocenters. The summed E-state index contributed by atoms with van der Waals surface area (Å²) in [6, 6.07) is 10.9.